The van der Waals surface area contributed by atoms with Crippen LogP contribution in [-0.2, 0) is 4.79 Å². The Morgan fingerprint density at radius 2 is 1.87 bits per heavy atom. The zero-order valence-corrected chi connectivity index (χ0v) is 12.5. The number of aliphatic hydroxyl groups is 3. The lowest BCUT2D eigenvalue weighted by Crippen LogP contribution is -2.47. The van der Waals surface area contributed by atoms with E-state index in [1.54, 1.807) is 18.2 Å². The van der Waals surface area contributed by atoms with E-state index in [-0.39, 0.29) is 35.7 Å². The number of hydrogen-bond acceptors (Lipinski definition) is 4. The van der Waals surface area contributed by atoms with Crippen molar-refractivity contribution in [2.75, 3.05) is 0 Å². The first kappa shape index (κ1) is 16.1. The fourth-order valence-electron chi connectivity index (χ4n) is 3.19. The van der Waals surface area contributed by atoms with E-state index in [0.29, 0.717) is 18.4 Å². The molecule has 5 nitrogen and oxygen atoms in total. The minimum atomic E-state index is -1.26. The molecule has 2 aliphatic rings. The van der Waals surface area contributed by atoms with Crippen LogP contribution in [0.15, 0.2) is 35.9 Å². The van der Waals surface area contributed by atoms with Gasteiger partial charge >= 0.3 is 0 Å². The van der Waals surface area contributed by atoms with E-state index >= 15 is 0 Å². The molecule has 3 rings (SSSR count). The van der Waals surface area contributed by atoms with Crippen LogP contribution in [0, 0.1) is 5.82 Å². The van der Waals surface area contributed by atoms with Gasteiger partial charge in [0.15, 0.2) is 0 Å². The Bertz CT molecular complexity index is 627. The van der Waals surface area contributed by atoms with Crippen molar-refractivity contribution in [3.8, 4) is 0 Å². The second kappa shape index (κ2) is 6.39. The number of carbonyl (C=O) groups is 1. The molecule has 0 bridgehead atoms. The summed E-state index contributed by atoms with van der Waals surface area (Å²) in [5, 5.41) is 31.5. The van der Waals surface area contributed by atoms with Gasteiger partial charge in [0.25, 0.3) is 0 Å². The third-order valence-corrected chi connectivity index (χ3v) is 4.66. The standard InChI is InChI=1S/C17H20FNO4/c18-13-4-2-1-3-12(13)9-5-11(6-9)19-17(23)10-7-14(20)16(22)15(21)8-10/h1-4,7,9,11,14-16,20-22H,5-6,8H2,(H,19,23)/t9?,11?,14-,15-,16-/m1/s1. The SMILES string of the molecule is O=C(NC1CC(c2ccccc2F)C1)C1=C[C@@H](O)[C@@H](O)[C@H](O)C1. The predicted octanol–water partition coefficient (Wildman–Crippen LogP) is 0.601. The van der Waals surface area contributed by atoms with Crippen molar-refractivity contribution in [1.29, 1.82) is 0 Å². The van der Waals surface area contributed by atoms with Crippen molar-refractivity contribution in [3.05, 3.63) is 47.3 Å². The lowest BCUT2D eigenvalue weighted by Gasteiger charge is -2.37. The Labute approximate surface area is 133 Å². The van der Waals surface area contributed by atoms with Crippen LogP contribution in [0.25, 0.3) is 0 Å². The second-order valence-electron chi connectivity index (χ2n) is 6.30. The molecule has 0 aliphatic heterocycles. The average Bonchev–Trinajstić information content (AvgIpc) is 2.48. The summed E-state index contributed by atoms with van der Waals surface area (Å²) in [6.07, 6.45) is -1.05. The topological polar surface area (TPSA) is 89.8 Å². The minimum Gasteiger partial charge on any atom is -0.390 e. The van der Waals surface area contributed by atoms with E-state index in [1.165, 1.54) is 12.1 Å². The highest BCUT2D eigenvalue weighted by atomic mass is 19.1. The van der Waals surface area contributed by atoms with E-state index in [2.05, 4.69) is 5.32 Å². The van der Waals surface area contributed by atoms with Gasteiger partial charge in [0.2, 0.25) is 5.91 Å². The van der Waals surface area contributed by atoms with E-state index in [1.807, 2.05) is 0 Å². The molecule has 0 unspecified atom stereocenters. The number of carbonyl (C=O) groups excluding carboxylic acids is 1. The van der Waals surface area contributed by atoms with Crippen LogP contribution in [0.5, 0.6) is 0 Å². The molecule has 23 heavy (non-hydrogen) atoms. The average molecular weight is 321 g/mol. The van der Waals surface area contributed by atoms with Crippen molar-refractivity contribution >= 4 is 5.91 Å². The number of benzene rings is 1. The van der Waals surface area contributed by atoms with Gasteiger partial charge in [0.1, 0.15) is 18.0 Å². The fourth-order valence-corrected chi connectivity index (χ4v) is 3.19. The Balaban J connectivity index is 1.55. The van der Waals surface area contributed by atoms with Crippen LogP contribution in [0.2, 0.25) is 0 Å². The molecule has 1 fully saturated rings. The number of halogens is 1. The molecule has 1 amide bonds. The first-order valence-corrected chi connectivity index (χ1v) is 7.76. The van der Waals surface area contributed by atoms with Crippen molar-refractivity contribution in [1.82, 2.24) is 5.32 Å². The third kappa shape index (κ3) is 3.29. The zero-order chi connectivity index (χ0) is 16.6. The second-order valence-corrected chi connectivity index (χ2v) is 6.30. The summed E-state index contributed by atoms with van der Waals surface area (Å²) in [5.41, 5.74) is 0.938. The number of aliphatic hydroxyl groups excluding tert-OH is 3. The zero-order valence-electron chi connectivity index (χ0n) is 12.5. The van der Waals surface area contributed by atoms with Gasteiger partial charge in [0.05, 0.1) is 6.10 Å². The molecule has 3 atom stereocenters. The van der Waals surface area contributed by atoms with E-state index < -0.39 is 18.3 Å². The maximum atomic E-state index is 13.7. The first-order chi connectivity index (χ1) is 11.0. The van der Waals surface area contributed by atoms with Gasteiger partial charge in [-0.15, -0.1) is 0 Å². The van der Waals surface area contributed by atoms with Gasteiger partial charge in [-0.05, 0) is 36.5 Å². The highest BCUT2D eigenvalue weighted by Gasteiger charge is 2.35. The molecule has 1 saturated carbocycles. The van der Waals surface area contributed by atoms with Gasteiger partial charge in [-0.1, -0.05) is 18.2 Å². The molecule has 4 N–H and O–H groups in total. The lowest BCUT2D eigenvalue weighted by molar-refractivity contribution is -0.120. The highest BCUT2D eigenvalue weighted by Crippen LogP contribution is 2.38. The van der Waals surface area contributed by atoms with Crippen LogP contribution >= 0.6 is 0 Å². The Morgan fingerprint density at radius 3 is 2.52 bits per heavy atom. The van der Waals surface area contributed by atoms with Gasteiger partial charge in [-0.2, -0.15) is 0 Å². The molecule has 2 aliphatic carbocycles. The van der Waals surface area contributed by atoms with Gasteiger partial charge in [0, 0.05) is 18.0 Å². The third-order valence-electron chi connectivity index (χ3n) is 4.66. The van der Waals surface area contributed by atoms with E-state index in [0.717, 1.165) is 0 Å². The highest BCUT2D eigenvalue weighted by molar-refractivity contribution is 5.94. The molecule has 6 heteroatoms. The maximum absolute atomic E-state index is 13.7. The number of rotatable bonds is 3. The number of amides is 1. The van der Waals surface area contributed by atoms with Crippen molar-refractivity contribution in [3.63, 3.8) is 0 Å². The largest absolute Gasteiger partial charge is 0.390 e. The summed E-state index contributed by atoms with van der Waals surface area (Å²) >= 11 is 0. The summed E-state index contributed by atoms with van der Waals surface area (Å²) in [4.78, 5) is 12.2. The molecule has 0 heterocycles. The summed E-state index contributed by atoms with van der Waals surface area (Å²) in [6, 6.07) is 6.59. The Hall–Kier alpha value is -1.76. The summed E-state index contributed by atoms with van der Waals surface area (Å²) < 4.78 is 13.7. The molecule has 0 aromatic heterocycles. The maximum Gasteiger partial charge on any atom is 0.247 e. The monoisotopic (exact) mass is 321 g/mol. The molecule has 0 saturated heterocycles. The predicted molar refractivity (Wildman–Crippen MR) is 81.0 cm³/mol. The molecule has 0 spiro atoms. The minimum absolute atomic E-state index is 0.00746. The molecule has 0 radical (unpaired) electrons. The summed E-state index contributed by atoms with van der Waals surface area (Å²) in [5.74, 6) is -0.482. The fraction of sp³-hybridized carbons (Fsp3) is 0.471. The summed E-state index contributed by atoms with van der Waals surface area (Å²) in [7, 11) is 0. The van der Waals surface area contributed by atoms with Crippen LogP contribution in [0.3, 0.4) is 0 Å². The van der Waals surface area contributed by atoms with Gasteiger partial charge in [-0.25, -0.2) is 4.39 Å². The molecular weight excluding hydrogens is 301 g/mol. The normalized spacial score (nSPS) is 33.6. The van der Waals surface area contributed by atoms with Gasteiger partial charge in [-0.3, -0.25) is 4.79 Å². The quantitative estimate of drug-likeness (QED) is 0.656. The molecule has 1 aromatic carbocycles. The van der Waals surface area contributed by atoms with Gasteiger partial charge < -0.3 is 20.6 Å². The molecular formula is C17H20FNO4. The molecule has 124 valence electrons. The molecule has 1 aromatic rings. The van der Waals surface area contributed by atoms with Crippen molar-refractivity contribution in [2.24, 2.45) is 0 Å². The Kier molecular flexibility index (Phi) is 4.48. The van der Waals surface area contributed by atoms with E-state index in [4.69, 9.17) is 0 Å². The lowest BCUT2D eigenvalue weighted by atomic mass is 9.75. The van der Waals surface area contributed by atoms with Crippen LogP contribution in [-0.4, -0.2) is 45.6 Å². The number of nitrogens with one attached hydrogen (secondary N) is 1. The van der Waals surface area contributed by atoms with Crippen LogP contribution < -0.4 is 5.32 Å². The van der Waals surface area contributed by atoms with E-state index in [9.17, 15) is 24.5 Å². The summed E-state index contributed by atoms with van der Waals surface area (Å²) in [6.45, 7) is 0. The first-order valence-electron chi connectivity index (χ1n) is 7.76. The van der Waals surface area contributed by atoms with Crippen molar-refractivity contribution in [2.45, 2.75) is 49.5 Å². The number of hydrogen-bond donors (Lipinski definition) is 4. The smallest absolute Gasteiger partial charge is 0.247 e. The Morgan fingerprint density at radius 1 is 1.17 bits per heavy atom. The van der Waals surface area contributed by atoms with Crippen molar-refractivity contribution < 1.29 is 24.5 Å². The van der Waals surface area contributed by atoms with Crippen LogP contribution in [0.4, 0.5) is 4.39 Å². The van der Waals surface area contributed by atoms with Crippen LogP contribution in [0.1, 0.15) is 30.7 Å².